The summed E-state index contributed by atoms with van der Waals surface area (Å²) in [5, 5.41) is 0. The Balaban J connectivity index is 0.00000225. The molecule has 0 aromatic heterocycles. The quantitative estimate of drug-likeness (QED) is 0.878. The molecule has 1 aliphatic rings. The van der Waals surface area contributed by atoms with Gasteiger partial charge in [-0.2, -0.15) is 0 Å². The zero-order chi connectivity index (χ0) is 16.8. The Morgan fingerprint density at radius 2 is 1.56 bits per heavy atom. The number of rotatable bonds is 5. The second-order valence-electron chi connectivity index (χ2n) is 6.74. The maximum atomic E-state index is 12.5. The average molecular weight is 359 g/mol. The number of carbonyl (C=O) groups excluding carboxylic acids is 1. The minimum Gasteiger partial charge on any atom is -0.343 e. The molecule has 1 atom stereocenters. The fraction of sp³-hybridized carbons (Fsp3) is 0.381. The predicted octanol–water partition coefficient (Wildman–Crippen LogP) is 3.98. The predicted molar refractivity (Wildman–Crippen MR) is 105 cm³/mol. The molecule has 1 aliphatic heterocycles. The lowest BCUT2D eigenvalue weighted by Gasteiger charge is -2.32. The normalized spacial score (nSPS) is 16.1. The minimum absolute atomic E-state index is 0. The maximum Gasteiger partial charge on any atom is 0.224 e. The van der Waals surface area contributed by atoms with Gasteiger partial charge in [-0.25, -0.2) is 0 Å². The number of amides is 1. The molecular weight excluding hydrogens is 332 g/mol. The summed E-state index contributed by atoms with van der Waals surface area (Å²) in [5.41, 5.74) is 8.61. The molecule has 134 valence electrons. The van der Waals surface area contributed by atoms with E-state index in [0.717, 1.165) is 37.9 Å². The minimum atomic E-state index is -0.208. The van der Waals surface area contributed by atoms with E-state index in [9.17, 15) is 4.79 Å². The first-order valence-electron chi connectivity index (χ1n) is 8.84. The number of likely N-dealkylation sites (tertiary alicyclic amines) is 1. The number of halogens is 1. The van der Waals surface area contributed by atoms with Crippen molar-refractivity contribution >= 4 is 18.3 Å². The molecule has 0 aliphatic carbocycles. The maximum absolute atomic E-state index is 12.5. The van der Waals surface area contributed by atoms with E-state index >= 15 is 0 Å². The van der Waals surface area contributed by atoms with Crippen LogP contribution in [-0.2, 0) is 11.2 Å². The summed E-state index contributed by atoms with van der Waals surface area (Å²) in [4.78, 5) is 14.5. The number of carbonyl (C=O) groups is 1. The molecule has 1 fully saturated rings. The Morgan fingerprint density at radius 3 is 2.16 bits per heavy atom. The van der Waals surface area contributed by atoms with Gasteiger partial charge >= 0.3 is 0 Å². The van der Waals surface area contributed by atoms with Gasteiger partial charge in [-0.3, -0.25) is 4.79 Å². The monoisotopic (exact) mass is 358 g/mol. The highest BCUT2D eigenvalue weighted by Gasteiger charge is 2.24. The highest BCUT2D eigenvalue weighted by Crippen LogP contribution is 2.23. The molecule has 0 radical (unpaired) electrons. The largest absolute Gasteiger partial charge is 0.343 e. The molecule has 1 amide bonds. The SMILES string of the molecule is Cl.NC(CC(=O)N1CCC(Cc2ccccc2)CC1)c1ccccc1. The molecule has 2 N–H and O–H groups in total. The summed E-state index contributed by atoms with van der Waals surface area (Å²) in [6.45, 7) is 1.72. The van der Waals surface area contributed by atoms with E-state index in [1.165, 1.54) is 5.56 Å². The zero-order valence-corrected chi connectivity index (χ0v) is 15.3. The Bertz CT molecular complexity index is 639. The third-order valence-electron chi connectivity index (χ3n) is 4.96. The van der Waals surface area contributed by atoms with Gasteiger partial charge in [0.15, 0.2) is 0 Å². The van der Waals surface area contributed by atoms with Gasteiger partial charge in [0, 0.05) is 25.6 Å². The summed E-state index contributed by atoms with van der Waals surface area (Å²) >= 11 is 0. The number of piperidine rings is 1. The van der Waals surface area contributed by atoms with Crippen LogP contribution in [0, 0.1) is 5.92 Å². The highest BCUT2D eigenvalue weighted by atomic mass is 35.5. The Hall–Kier alpha value is -1.84. The van der Waals surface area contributed by atoms with Gasteiger partial charge in [0.05, 0.1) is 0 Å². The molecule has 1 saturated heterocycles. The van der Waals surface area contributed by atoms with E-state index in [0.29, 0.717) is 12.3 Å². The number of hydrogen-bond acceptors (Lipinski definition) is 2. The average Bonchev–Trinajstić information content (AvgIpc) is 2.64. The standard InChI is InChI=1S/C21H26N2O.ClH/c22-20(19-9-5-2-6-10-19)16-21(24)23-13-11-18(12-14-23)15-17-7-3-1-4-8-17;/h1-10,18,20H,11-16,22H2;1H. The fourth-order valence-electron chi connectivity index (χ4n) is 3.47. The summed E-state index contributed by atoms with van der Waals surface area (Å²) < 4.78 is 0. The molecule has 2 aromatic rings. The van der Waals surface area contributed by atoms with Gasteiger partial charge < -0.3 is 10.6 Å². The lowest BCUT2D eigenvalue weighted by Crippen LogP contribution is -2.40. The molecule has 1 heterocycles. The number of hydrogen-bond donors (Lipinski definition) is 1. The smallest absolute Gasteiger partial charge is 0.224 e. The van der Waals surface area contributed by atoms with Crippen LogP contribution in [0.1, 0.15) is 36.4 Å². The first-order chi connectivity index (χ1) is 11.7. The van der Waals surface area contributed by atoms with Crippen LogP contribution >= 0.6 is 12.4 Å². The van der Waals surface area contributed by atoms with Crippen molar-refractivity contribution in [2.45, 2.75) is 31.7 Å². The van der Waals surface area contributed by atoms with Gasteiger partial charge in [-0.1, -0.05) is 60.7 Å². The third-order valence-corrected chi connectivity index (χ3v) is 4.96. The van der Waals surface area contributed by atoms with Gasteiger partial charge in [-0.05, 0) is 36.3 Å². The second-order valence-corrected chi connectivity index (χ2v) is 6.74. The van der Waals surface area contributed by atoms with Crippen molar-refractivity contribution in [3.63, 3.8) is 0 Å². The Labute approximate surface area is 156 Å². The number of nitrogens with zero attached hydrogens (tertiary/aromatic N) is 1. The van der Waals surface area contributed by atoms with Crippen molar-refractivity contribution in [3.8, 4) is 0 Å². The van der Waals surface area contributed by atoms with Crippen LogP contribution in [0.15, 0.2) is 60.7 Å². The van der Waals surface area contributed by atoms with Crippen LogP contribution in [0.2, 0.25) is 0 Å². The molecule has 25 heavy (non-hydrogen) atoms. The number of benzene rings is 2. The van der Waals surface area contributed by atoms with E-state index in [4.69, 9.17) is 5.73 Å². The van der Waals surface area contributed by atoms with Crippen molar-refractivity contribution in [1.29, 1.82) is 0 Å². The fourth-order valence-corrected chi connectivity index (χ4v) is 3.47. The van der Waals surface area contributed by atoms with Crippen LogP contribution in [0.25, 0.3) is 0 Å². The van der Waals surface area contributed by atoms with Crippen LogP contribution < -0.4 is 5.73 Å². The van der Waals surface area contributed by atoms with E-state index < -0.39 is 0 Å². The van der Waals surface area contributed by atoms with Crippen molar-refractivity contribution < 1.29 is 4.79 Å². The van der Waals surface area contributed by atoms with Crippen molar-refractivity contribution in [1.82, 2.24) is 4.90 Å². The second kappa shape index (κ2) is 9.59. The van der Waals surface area contributed by atoms with Crippen molar-refractivity contribution in [3.05, 3.63) is 71.8 Å². The van der Waals surface area contributed by atoms with Crippen LogP contribution in [0.4, 0.5) is 0 Å². The molecule has 1 unspecified atom stereocenters. The van der Waals surface area contributed by atoms with Crippen LogP contribution in [0.3, 0.4) is 0 Å². The number of nitrogens with two attached hydrogens (primary N) is 1. The molecule has 2 aromatic carbocycles. The molecule has 3 rings (SSSR count). The first-order valence-corrected chi connectivity index (χ1v) is 8.84. The van der Waals surface area contributed by atoms with E-state index in [1.54, 1.807) is 0 Å². The highest BCUT2D eigenvalue weighted by molar-refractivity contribution is 5.85. The topological polar surface area (TPSA) is 46.3 Å². The van der Waals surface area contributed by atoms with Crippen LogP contribution in [-0.4, -0.2) is 23.9 Å². The van der Waals surface area contributed by atoms with E-state index in [-0.39, 0.29) is 24.4 Å². The van der Waals surface area contributed by atoms with Crippen LogP contribution in [0.5, 0.6) is 0 Å². The third kappa shape index (κ3) is 5.58. The molecule has 0 spiro atoms. The van der Waals surface area contributed by atoms with Gasteiger partial charge in [0.25, 0.3) is 0 Å². The molecule has 0 saturated carbocycles. The summed E-state index contributed by atoms with van der Waals surface area (Å²) in [5.74, 6) is 0.865. The summed E-state index contributed by atoms with van der Waals surface area (Å²) in [6, 6.07) is 20.3. The van der Waals surface area contributed by atoms with Crippen molar-refractivity contribution in [2.75, 3.05) is 13.1 Å². The molecule has 4 heteroatoms. The first kappa shape index (κ1) is 19.5. The Morgan fingerprint density at radius 1 is 1.00 bits per heavy atom. The van der Waals surface area contributed by atoms with Gasteiger partial charge in [-0.15, -0.1) is 12.4 Å². The van der Waals surface area contributed by atoms with E-state index in [1.807, 2.05) is 35.2 Å². The Kier molecular flexibility index (Phi) is 7.48. The summed E-state index contributed by atoms with van der Waals surface area (Å²) in [6.07, 6.45) is 3.68. The lowest BCUT2D eigenvalue weighted by atomic mass is 9.90. The summed E-state index contributed by atoms with van der Waals surface area (Å²) in [7, 11) is 0. The van der Waals surface area contributed by atoms with Gasteiger partial charge in [0.1, 0.15) is 0 Å². The van der Waals surface area contributed by atoms with Crippen molar-refractivity contribution in [2.24, 2.45) is 11.7 Å². The molecular formula is C21H27ClN2O. The lowest BCUT2D eigenvalue weighted by molar-refractivity contribution is -0.133. The molecule has 3 nitrogen and oxygen atoms in total. The van der Waals surface area contributed by atoms with E-state index in [2.05, 4.69) is 30.3 Å². The zero-order valence-electron chi connectivity index (χ0n) is 14.5. The van der Waals surface area contributed by atoms with Gasteiger partial charge in [0.2, 0.25) is 5.91 Å². The molecule has 0 bridgehead atoms.